The van der Waals surface area contributed by atoms with Gasteiger partial charge in [0.05, 0.1) is 0 Å². The van der Waals surface area contributed by atoms with E-state index in [1.807, 2.05) is 18.2 Å². The van der Waals surface area contributed by atoms with E-state index in [1.165, 1.54) is 16.3 Å². The van der Waals surface area contributed by atoms with Crippen LogP contribution in [0.15, 0.2) is 60.8 Å². The van der Waals surface area contributed by atoms with Crippen LogP contribution < -0.4 is 0 Å². The maximum absolute atomic E-state index is 6.02. The van der Waals surface area contributed by atoms with Gasteiger partial charge in [0, 0.05) is 28.0 Å². The van der Waals surface area contributed by atoms with Gasteiger partial charge in [-0.05, 0) is 35.4 Å². The summed E-state index contributed by atoms with van der Waals surface area (Å²) < 4.78 is 0. The molecular weight excluding hydrogens is 268 g/mol. The van der Waals surface area contributed by atoms with Crippen LogP contribution in [0.2, 0.25) is 5.15 Å². The SMILES string of the molecule is Clc1cc(-c2cccc3[nH]c4ccccc4c23)ccn1. The molecule has 20 heavy (non-hydrogen) atoms. The predicted molar refractivity (Wildman–Crippen MR) is 84.0 cm³/mol. The van der Waals surface area contributed by atoms with Gasteiger partial charge in [0.25, 0.3) is 0 Å². The molecule has 2 heterocycles. The van der Waals surface area contributed by atoms with Gasteiger partial charge < -0.3 is 4.98 Å². The van der Waals surface area contributed by atoms with Crippen LogP contribution in [0, 0.1) is 0 Å². The molecule has 4 rings (SSSR count). The van der Waals surface area contributed by atoms with E-state index in [2.05, 4.69) is 46.4 Å². The summed E-state index contributed by atoms with van der Waals surface area (Å²) in [7, 11) is 0. The largest absolute Gasteiger partial charge is 0.354 e. The van der Waals surface area contributed by atoms with Crippen molar-refractivity contribution in [3.63, 3.8) is 0 Å². The van der Waals surface area contributed by atoms with Gasteiger partial charge in [-0.3, -0.25) is 0 Å². The number of halogens is 1. The van der Waals surface area contributed by atoms with Gasteiger partial charge in [-0.15, -0.1) is 0 Å². The van der Waals surface area contributed by atoms with Crippen molar-refractivity contribution in [1.82, 2.24) is 9.97 Å². The molecule has 0 aliphatic rings. The topological polar surface area (TPSA) is 28.7 Å². The minimum atomic E-state index is 0.513. The van der Waals surface area contributed by atoms with E-state index in [0.717, 1.165) is 16.6 Å². The second-order valence-corrected chi connectivity index (χ2v) is 5.15. The van der Waals surface area contributed by atoms with Gasteiger partial charge >= 0.3 is 0 Å². The number of aromatic amines is 1. The first kappa shape index (κ1) is 11.5. The van der Waals surface area contributed by atoms with Crippen molar-refractivity contribution < 1.29 is 0 Å². The minimum absolute atomic E-state index is 0.513. The third kappa shape index (κ3) is 1.69. The molecule has 0 aliphatic carbocycles. The summed E-state index contributed by atoms with van der Waals surface area (Å²) in [5.74, 6) is 0. The van der Waals surface area contributed by atoms with Crippen LogP contribution in [0.25, 0.3) is 32.9 Å². The van der Waals surface area contributed by atoms with Crippen molar-refractivity contribution in [3.8, 4) is 11.1 Å². The highest BCUT2D eigenvalue weighted by Gasteiger charge is 2.10. The Labute approximate surface area is 121 Å². The predicted octanol–water partition coefficient (Wildman–Crippen LogP) is 5.04. The standard InChI is InChI=1S/C17H11ClN2/c18-16-10-11(8-9-19-16)12-5-3-7-15-17(12)13-4-1-2-6-14(13)20-15/h1-10,20H. The molecule has 0 fully saturated rings. The van der Waals surface area contributed by atoms with Crippen LogP contribution in [-0.4, -0.2) is 9.97 Å². The highest BCUT2D eigenvalue weighted by Crippen LogP contribution is 2.34. The Balaban J connectivity index is 2.14. The Morgan fingerprint density at radius 2 is 1.75 bits per heavy atom. The molecule has 0 amide bonds. The number of H-pyrrole nitrogens is 1. The molecule has 0 aliphatic heterocycles. The third-order valence-electron chi connectivity index (χ3n) is 3.57. The van der Waals surface area contributed by atoms with Crippen LogP contribution in [0.4, 0.5) is 0 Å². The molecule has 0 saturated heterocycles. The van der Waals surface area contributed by atoms with Crippen molar-refractivity contribution in [2.75, 3.05) is 0 Å². The lowest BCUT2D eigenvalue weighted by molar-refractivity contribution is 1.33. The lowest BCUT2D eigenvalue weighted by Gasteiger charge is -2.04. The van der Waals surface area contributed by atoms with E-state index in [0.29, 0.717) is 5.15 Å². The minimum Gasteiger partial charge on any atom is -0.354 e. The number of fused-ring (bicyclic) bond motifs is 3. The molecule has 0 unspecified atom stereocenters. The zero-order chi connectivity index (χ0) is 13.5. The molecule has 2 nitrogen and oxygen atoms in total. The molecule has 4 aromatic rings. The summed E-state index contributed by atoms with van der Waals surface area (Å²) in [6, 6.07) is 18.5. The first-order valence-electron chi connectivity index (χ1n) is 6.44. The quantitative estimate of drug-likeness (QED) is 0.486. The van der Waals surface area contributed by atoms with E-state index in [1.54, 1.807) is 6.20 Å². The number of benzene rings is 2. The highest BCUT2D eigenvalue weighted by atomic mass is 35.5. The highest BCUT2D eigenvalue weighted by molar-refractivity contribution is 6.29. The van der Waals surface area contributed by atoms with Crippen molar-refractivity contribution in [2.45, 2.75) is 0 Å². The van der Waals surface area contributed by atoms with Gasteiger partial charge in [0.1, 0.15) is 5.15 Å². The van der Waals surface area contributed by atoms with Gasteiger partial charge in [0.2, 0.25) is 0 Å². The molecular formula is C17H11ClN2. The van der Waals surface area contributed by atoms with E-state index < -0.39 is 0 Å². The van der Waals surface area contributed by atoms with Crippen LogP contribution in [0.1, 0.15) is 0 Å². The van der Waals surface area contributed by atoms with Gasteiger partial charge in [0.15, 0.2) is 0 Å². The summed E-state index contributed by atoms with van der Waals surface area (Å²) in [5.41, 5.74) is 4.54. The summed E-state index contributed by atoms with van der Waals surface area (Å²) in [6.45, 7) is 0. The monoisotopic (exact) mass is 278 g/mol. The number of pyridine rings is 1. The Morgan fingerprint density at radius 3 is 2.65 bits per heavy atom. The van der Waals surface area contributed by atoms with Crippen LogP contribution in [0.5, 0.6) is 0 Å². The van der Waals surface area contributed by atoms with Crippen LogP contribution >= 0.6 is 11.6 Å². The molecule has 0 spiro atoms. The molecule has 0 radical (unpaired) electrons. The molecule has 2 aromatic carbocycles. The average molecular weight is 279 g/mol. The molecule has 0 saturated carbocycles. The van der Waals surface area contributed by atoms with Crippen molar-refractivity contribution >= 4 is 33.4 Å². The lowest BCUT2D eigenvalue weighted by atomic mass is 10.0. The number of aromatic nitrogens is 2. The van der Waals surface area contributed by atoms with Crippen LogP contribution in [-0.2, 0) is 0 Å². The lowest BCUT2D eigenvalue weighted by Crippen LogP contribution is -1.81. The fourth-order valence-corrected chi connectivity index (χ4v) is 2.89. The first-order chi connectivity index (χ1) is 9.83. The van der Waals surface area contributed by atoms with E-state index >= 15 is 0 Å². The molecule has 0 bridgehead atoms. The van der Waals surface area contributed by atoms with E-state index in [4.69, 9.17) is 11.6 Å². The zero-order valence-corrected chi connectivity index (χ0v) is 11.4. The summed E-state index contributed by atoms with van der Waals surface area (Å²) in [6.07, 6.45) is 1.74. The maximum atomic E-state index is 6.02. The van der Waals surface area contributed by atoms with Gasteiger partial charge in [-0.2, -0.15) is 0 Å². The fourth-order valence-electron chi connectivity index (χ4n) is 2.71. The van der Waals surface area contributed by atoms with Crippen molar-refractivity contribution in [3.05, 3.63) is 65.9 Å². The molecule has 3 heteroatoms. The van der Waals surface area contributed by atoms with E-state index in [9.17, 15) is 0 Å². The number of nitrogens with one attached hydrogen (secondary N) is 1. The van der Waals surface area contributed by atoms with E-state index in [-0.39, 0.29) is 0 Å². The number of hydrogen-bond acceptors (Lipinski definition) is 1. The molecule has 2 aromatic heterocycles. The fraction of sp³-hybridized carbons (Fsp3) is 0. The Bertz CT molecular complexity index is 924. The number of rotatable bonds is 1. The smallest absolute Gasteiger partial charge is 0.129 e. The molecule has 96 valence electrons. The normalized spacial score (nSPS) is 11.2. The summed E-state index contributed by atoms with van der Waals surface area (Å²) in [5, 5.41) is 2.97. The third-order valence-corrected chi connectivity index (χ3v) is 3.77. The maximum Gasteiger partial charge on any atom is 0.129 e. The second-order valence-electron chi connectivity index (χ2n) is 4.77. The molecule has 0 atom stereocenters. The Morgan fingerprint density at radius 1 is 0.900 bits per heavy atom. The zero-order valence-electron chi connectivity index (χ0n) is 10.6. The second kappa shape index (κ2) is 4.36. The summed E-state index contributed by atoms with van der Waals surface area (Å²) in [4.78, 5) is 7.51. The van der Waals surface area contributed by atoms with Gasteiger partial charge in [-0.25, -0.2) is 4.98 Å². The average Bonchev–Trinajstić information content (AvgIpc) is 2.85. The number of hydrogen-bond donors (Lipinski definition) is 1. The van der Waals surface area contributed by atoms with Crippen molar-refractivity contribution in [2.24, 2.45) is 0 Å². The Hall–Kier alpha value is -2.32. The van der Waals surface area contributed by atoms with Crippen LogP contribution in [0.3, 0.4) is 0 Å². The van der Waals surface area contributed by atoms with Crippen molar-refractivity contribution in [1.29, 1.82) is 0 Å². The summed E-state index contributed by atoms with van der Waals surface area (Å²) >= 11 is 6.02. The Kier molecular flexibility index (Phi) is 2.51. The number of nitrogens with zero attached hydrogens (tertiary/aromatic N) is 1. The first-order valence-corrected chi connectivity index (χ1v) is 6.82. The number of para-hydroxylation sites is 1. The molecule has 1 N–H and O–H groups in total. The van der Waals surface area contributed by atoms with Gasteiger partial charge in [-0.1, -0.05) is 41.9 Å².